The van der Waals surface area contributed by atoms with Crippen molar-refractivity contribution in [2.45, 2.75) is 51.4 Å². The summed E-state index contributed by atoms with van der Waals surface area (Å²) >= 11 is 0. The molecule has 90 valence electrons. The van der Waals surface area contributed by atoms with Gasteiger partial charge in [-0.1, -0.05) is 32.3 Å². The first-order chi connectivity index (χ1) is 7.37. The Bertz CT molecular complexity index is 288. The van der Waals surface area contributed by atoms with Gasteiger partial charge < -0.3 is 5.11 Å². The lowest BCUT2D eigenvalue weighted by atomic mass is 10.0. The smallest absolute Gasteiger partial charge is 0.129 e. The van der Waals surface area contributed by atoms with Gasteiger partial charge in [0.05, 0.1) is 6.10 Å². The number of aliphatic hydroxyl groups is 1. The van der Waals surface area contributed by atoms with E-state index in [0.29, 0.717) is 6.42 Å². The maximum atomic E-state index is 9.80. The summed E-state index contributed by atoms with van der Waals surface area (Å²) in [6, 6.07) is 0. The maximum absolute atomic E-state index is 9.80. The Morgan fingerprint density at radius 1 is 1.44 bits per heavy atom. The Kier molecular flexibility index (Phi) is 7.12. The first-order valence-corrected chi connectivity index (χ1v) is 9.33. The van der Waals surface area contributed by atoms with Crippen LogP contribution in [0.15, 0.2) is 24.8 Å². The van der Waals surface area contributed by atoms with Crippen LogP contribution in [0.5, 0.6) is 0 Å². The van der Waals surface area contributed by atoms with Gasteiger partial charge in [-0.3, -0.25) is 0 Å². The summed E-state index contributed by atoms with van der Waals surface area (Å²) in [5.41, 5.74) is 4.14. The van der Waals surface area contributed by atoms with Crippen LogP contribution < -0.4 is 0 Å². The normalized spacial score (nSPS) is 12.5. The van der Waals surface area contributed by atoms with Gasteiger partial charge in [0.1, 0.15) is 8.07 Å². The minimum absolute atomic E-state index is 0.464. The zero-order valence-electron chi connectivity index (χ0n) is 10.8. The van der Waals surface area contributed by atoms with E-state index in [9.17, 15) is 5.11 Å². The van der Waals surface area contributed by atoms with E-state index < -0.39 is 14.2 Å². The molecule has 1 N–H and O–H groups in total. The minimum atomic E-state index is -1.31. The summed E-state index contributed by atoms with van der Waals surface area (Å²) in [5, 5.41) is 9.80. The number of aliphatic hydroxyl groups excluding tert-OH is 1. The van der Waals surface area contributed by atoms with Crippen molar-refractivity contribution in [1.82, 2.24) is 0 Å². The Hall–Kier alpha value is -0.783. The van der Waals surface area contributed by atoms with Crippen molar-refractivity contribution in [2.24, 2.45) is 0 Å². The Morgan fingerprint density at radius 2 is 2.06 bits per heavy atom. The van der Waals surface area contributed by atoms with E-state index in [0.717, 1.165) is 24.8 Å². The van der Waals surface area contributed by atoms with Crippen LogP contribution in [0.25, 0.3) is 0 Å². The highest BCUT2D eigenvalue weighted by molar-refractivity contribution is 6.83. The molecule has 0 fully saturated rings. The van der Waals surface area contributed by atoms with E-state index in [1.54, 1.807) is 0 Å². The summed E-state index contributed by atoms with van der Waals surface area (Å²) in [5.74, 6) is 3.08. The molecule has 1 nitrogen and oxygen atoms in total. The van der Waals surface area contributed by atoms with Crippen molar-refractivity contribution in [1.29, 1.82) is 0 Å². The van der Waals surface area contributed by atoms with Gasteiger partial charge in [0.2, 0.25) is 0 Å². The van der Waals surface area contributed by atoms with E-state index in [1.807, 2.05) is 6.08 Å². The van der Waals surface area contributed by atoms with Crippen LogP contribution in [0.4, 0.5) is 0 Å². The predicted octanol–water partition coefficient (Wildman–Crippen LogP) is 3.53. The highest BCUT2D eigenvalue weighted by Crippen LogP contribution is 2.12. The zero-order valence-corrected chi connectivity index (χ0v) is 11.8. The molecule has 0 saturated heterocycles. The molecule has 1 atom stereocenters. The molecule has 0 bridgehead atoms. The largest absolute Gasteiger partial charge is 0.388 e. The van der Waals surface area contributed by atoms with Crippen LogP contribution in [-0.2, 0) is 0 Å². The van der Waals surface area contributed by atoms with Gasteiger partial charge in [-0.15, -0.1) is 18.0 Å². The topological polar surface area (TPSA) is 20.2 Å². The molecule has 1 unspecified atom stereocenters. The lowest BCUT2D eigenvalue weighted by molar-refractivity contribution is 0.212. The molecule has 0 radical (unpaired) electrons. The van der Waals surface area contributed by atoms with Gasteiger partial charge >= 0.3 is 0 Å². The Balaban J connectivity index is 3.95. The summed E-state index contributed by atoms with van der Waals surface area (Å²) in [4.78, 5) is 0. The molecule has 0 rings (SSSR count). The molecule has 0 heterocycles. The molecule has 0 aromatic rings. The molecule has 0 spiro atoms. The van der Waals surface area contributed by atoms with E-state index >= 15 is 0 Å². The Labute approximate surface area is 101 Å². The molecule has 0 aromatic carbocycles. The van der Waals surface area contributed by atoms with Crippen LogP contribution in [0, 0.1) is 11.5 Å². The summed E-state index contributed by atoms with van der Waals surface area (Å²) < 4.78 is 0. The molecule has 0 aromatic heterocycles. The van der Waals surface area contributed by atoms with Gasteiger partial charge in [-0.2, -0.15) is 0 Å². The van der Waals surface area contributed by atoms with E-state index in [1.165, 1.54) is 0 Å². The molecule has 0 aliphatic rings. The number of allylic oxidation sites excluding steroid dienone is 1. The van der Waals surface area contributed by atoms with Gasteiger partial charge in [0.15, 0.2) is 0 Å². The first kappa shape index (κ1) is 15.2. The fraction of sp³-hybridized carbons (Fsp3) is 0.571. The number of hydrogen-bond donors (Lipinski definition) is 1. The lowest BCUT2D eigenvalue weighted by Crippen LogP contribution is -2.17. The van der Waals surface area contributed by atoms with Crippen LogP contribution >= 0.6 is 0 Å². The summed E-state index contributed by atoms with van der Waals surface area (Å²) in [6.07, 6.45) is 4.81. The summed E-state index contributed by atoms with van der Waals surface area (Å²) in [6.45, 7) is 14.2. The van der Waals surface area contributed by atoms with E-state index in [2.05, 4.69) is 44.3 Å². The maximum Gasteiger partial charge on any atom is 0.129 e. The van der Waals surface area contributed by atoms with E-state index in [-0.39, 0.29) is 0 Å². The van der Waals surface area contributed by atoms with Crippen molar-refractivity contribution in [3.8, 4) is 11.5 Å². The highest BCUT2D eigenvalue weighted by atomic mass is 28.3. The zero-order chi connectivity index (χ0) is 12.6. The van der Waals surface area contributed by atoms with Crippen LogP contribution in [0.3, 0.4) is 0 Å². The van der Waals surface area contributed by atoms with Gasteiger partial charge in [0, 0.05) is 6.42 Å². The van der Waals surface area contributed by atoms with Gasteiger partial charge in [0.25, 0.3) is 0 Å². The monoisotopic (exact) mass is 236 g/mol. The third kappa shape index (κ3) is 8.52. The highest BCUT2D eigenvalue weighted by Gasteiger charge is 2.09. The SMILES string of the molecule is C=CCCCC(=C)C(O)CC#C[Si](C)(C)C. The van der Waals surface area contributed by atoms with Crippen molar-refractivity contribution in [3.05, 3.63) is 24.8 Å². The third-order valence-electron chi connectivity index (χ3n) is 2.14. The third-order valence-corrected chi connectivity index (χ3v) is 3.06. The summed E-state index contributed by atoms with van der Waals surface area (Å²) in [7, 11) is -1.31. The molecule has 0 aliphatic carbocycles. The van der Waals surface area contributed by atoms with Crippen molar-refractivity contribution in [2.75, 3.05) is 0 Å². The fourth-order valence-electron chi connectivity index (χ4n) is 1.20. The molecule has 0 amide bonds. The standard InChI is InChI=1S/C14H24OSi/c1-6-7-8-10-13(2)14(15)11-9-12-16(3,4)5/h6,14-15H,1-2,7-8,10-11H2,3-5H3. The van der Waals surface area contributed by atoms with Gasteiger partial charge in [-0.05, 0) is 24.8 Å². The van der Waals surface area contributed by atoms with Crippen molar-refractivity contribution >= 4 is 8.07 Å². The molecular weight excluding hydrogens is 212 g/mol. The average molecular weight is 236 g/mol. The molecule has 0 aliphatic heterocycles. The minimum Gasteiger partial charge on any atom is -0.388 e. The second kappa shape index (κ2) is 7.48. The molecule has 2 heteroatoms. The van der Waals surface area contributed by atoms with Crippen molar-refractivity contribution in [3.63, 3.8) is 0 Å². The lowest BCUT2D eigenvalue weighted by Gasteiger charge is -2.10. The van der Waals surface area contributed by atoms with E-state index in [4.69, 9.17) is 0 Å². The number of rotatable bonds is 6. The molecule has 0 saturated carbocycles. The number of hydrogen-bond acceptors (Lipinski definition) is 1. The quantitative estimate of drug-likeness (QED) is 0.324. The number of unbranched alkanes of at least 4 members (excludes halogenated alkanes) is 1. The average Bonchev–Trinajstić information content (AvgIpc) is 2.15. The van der Waals surface area contributed by atoms with Crippen molar-refractivity contribution < 1.29 is 5.11 Å². The second-order valence-electron chi connectivity index (χ2n) is 5.11. The van der Waals surface area contributed by atoms with Crippen LogP contribution in [0.2, 0.25) is 19.6 Å². The predicted molar refractivity (Wildman–Crippen MR) is 74.9 cm³/mol. The van der Waals surface area contributed by atoms with Crippen LogP contribution in [-0.4, -0.2) is 19.3 Å². The fourth-order valence-corrected chi connectivity index (χ4v) is 1.83. The first-order valence-electron chi connectivity index (χ1n) is 5.83. The van der Waals surface area contributed by atoms with Gasteiger partial charge in [-0.25, -0.2) is 0 Å². The Morgan fingerprint density at radius 3 is 2.56 bits per heavy atom. The van der Waals surface area contributed by atoms with Crippen LogP contribution in [0.1, 0.15) is 25.7 Å². The molecular formula is C14H24OSi. The second-order valence-corrected chi connectivity index (χ2v) is 9.86. The molecule has 16 heavy (non-hydrogen) atoms.